The summed E-state index contributed by atoms with van der Waals surface area (Å²) in [4.78, 5) is 1.40. The largest absolute Gasteiger partial charge is 0.143 e. The molecule has 12 heavy (non-hydrogen) atoms. The Bertz CT molecular complexity index is 401. The van der Waals surface area contributed by atoms with E-state index in [9.17, 15) is 0 Å². The molecule has 1 aromatic carbocycles. The van der Waals surface area contributed by atoms with Gasteiger partial charge in [-0.2, -0.15) is 0 Å². The van der Waals surface area contributed by atoms with E-state index in [0.717, 1.165) is 0 Å². The van der Waals surface area contributed by atoms with Crippen LogP contribution in [0.15, 0.2) is 28.5 Å². The number of thioether (sulfide) groups is 1. The van der Waals surface area contributed by atoms with Gasteiger partial charge < -0.3 is 0 Å². The summed E-state index contributed by atoms with van der Waals surface area (Å²) in [6.07, 6.45) is 2.13. The molecular weight excluding hydrogens is 184 g/mol. The van der Waals surface area contributed by atoms with Crippen molar-refractivity contribution in [2.24, 2.45) is 0 Å². The van der Waals surface area contributed by atoms with Gasteiger partial charge in [-0.3, -0.25) is 0 Å². The third-order valence-corrected chi connectivity index (χ3v) is 3.80. The van der Waals surface area contributed by atoms with Crippen molar-refractivity contribution < 1.29 is 0 Å². The van der Waals surface area contributed by atoms with Crippen LogP contribution in [-0.4, -0.2) is 6.26 Å². The minimum absolute atomic E-state index is 1.34. The lowest BCUT2D eigenvalue weighted by Gasteiger charge is -1.94. The van der Waals surface area contributed by atoms with E-state index in [2.05, 4.69) is 36.8 Å². The van der Waals surface area contributed by atoms with Crippen LogP contribution in [0.25, 0.3) is 10.1 Å². The first-order chi connectivity index (χ1) is 5.81. The lowest BCUT2D eigenvalue weighted by atomic mass is 10.2. The zero-order chi connectivity index (χ0) is 8.55. The van der Waals surface area contributed by atoms with Gasteiger partial charge in [-0.05, 0) is 25.3 Å². The SMILES string of the molecule is CSc1csc2ccc(C)cc12. The van der Waals surface area contributed by atoms with Crippen LogP contribution in [-0.2, 0) is 0 Å². The maximum atomic E-state index is 2.26. The van der Waals surface area contributed by atoms with Crippen molar-refractivity contribution in [3.05, 3.63) is 29.1 Å². The minimum Gasteiger partial charge on any atom is -0.143 e. The predicted octanol–water partition coefficient (Wildman–Crippen LogP) is 3.93. The molecule has 62 valence electrons. The van der Waals surface area contributed by atoms with Crippen LogP contribution >= 0.6 is 23.1 Å². The molecule has 0 aliphatic carbocycles. The number of fused-ring (bicyclic) bond motifs is 1. The van der Waals surface area contributed by atoms with Gasteiger partial charge in [-0.25, -0.2) is 0 Å². The number of hydrogen-bond acceptors (Lipinski definition) is 2. The first-order valence-electron chi connectivity index (χ1n) is 3.83. The van der Waals surface area contributed by atoms with Crippen LogP contribution in [0, 0.1) is 6.92 Å². The first-order valence-corrected chi connectivity index (χ1v) is 5.93. The Balaban J connectivity index is 2.75. The highest BCUT2D eigenvalue weighted by Crippen LogP contribution is 2.32. The van der Waals surface area contributed by atoms with E-state index in [1.165, 1.54) is 20.5 Å². The molecule has 2 heteroatoms. The molecule has 0 atom stereocenters. The molecule has 0 spiro atoms. The fraction of sp³-hybridized carbons (Fsp3) is 0.200. The fourth-order valence-electron chi connectivity index (χ4n) is 1.28. The zero-order valence-electron chi connectivity index (χ0n) is 7.13. The second-order valence-corrected chi connectivity index (χ2v) is 4.56. The van der Waals surface area contributed by atoms with E-state index in [-0.39, 0.29) is 0 Å². The van der Waals surface area contributed by atoms with Gasteiger partial charge in [0.15, 0.2) is 0 Å². The Hall–Kier alpha value is -0.470. The smallest absolute Gasteiger partial charge is 0.0354 e. The summed E-state index contributed by atoms with van der Waals surface area (Å²) in [5, 5.41) is 3.64. The molecule has 0 unspecified atom stereocenters. The zero-order valence-corrected chi connectivity index (χ0v) is 8.76. The van der Waals surface area contributed by atoms with E-state index in [1.54, 1.807) is 0 Å². The third kappa shape index (κ3) is 1.25. The highest BCUT2D eigenvalue weighted by Gasteiger charge is 2.01. The van der Waals surface area contributed by atoms with Gasteiger partial charge in [0.2, 0.25) is 0 Å². The topological polar surface area (TPSA) is 0 Å². The van der Waals surface area contributed by atoms with Crippen molar-refractivity contribution in [3.8, 4) is 0 Å². The quantitative estimate of drug-likeness (QED) is 0.620. The summed E-state index contributed by atoms with van der Waals surface area (Å²) in [6.45, 7) is 2.14. The van der Waals surface area contributed by atoms with Crippen molar-refractivity contribution >= 4 is 33.2 Å². The molecule has 2 aromatic rings. The van der Waals surface area contributed by atoms with Crippen molar-refractivity contribution in [2.45, 2.75) is 11.8 Å². The molecule has 0 saturated carbocycles. The van der Waals surface area contributed by atoms with Crippen molar-refractivity contribution in [1.29, 1.82) is 0 Å². The molecule has 1 aromatic heterocycles. The summed E-state index contributed by atoms with van der Waals surface area (Å²) in [5.74, 6) is 0. The van der Waals surface area contributed by atoms with Gasteiger partial charge in [-0.15, -0.1) is 23.1 Å². The van der Waals surface area contributed by atoms with Crippen LogP contribution in [0.5, 0.6) is 0 Å². The summed E-state index contributed by atoms with van der Waals surface area (Å²) in [6, 6.07) is 6.63. The lowest BCUT2D eigenvalue weighted by molar-refractivity contribution is 1.50. The molecule has 0 aliphatic rings. The van der Waals surface area contributed by atoms with Crippen LogP contribution in [0.4, 0.5) is 0 Å². The van der Waals surface area contributed by atoms with Crippen LogP contribution < -0.4 is 0 Å². The Morgan fingerprint density at radius 2 is 2.17 bits per heavy atom. The van der Waals surface area contributed by atoms with E-state index >= 15 is 0 Å². The Morgan fingerprint density at radius 3 is 2.92 bits per heavy atom. The summed E-state index contributed by atoms with van der Waals surface area (Å²) >= 11 is 3.65. The van der Waals surface area contributed by atoms with Gasteiger partial charge in [-0.1, -0.05) is 11.6 Å². The lowest BCUT2D eigenvalue weighted by Crippen LogP contribution is -1.70. The molecule has 0 amide bonds. The maximum absolute atomic E-state index is 2.26. The molecule has 0 fully saturated rings. The molecule has 0 N–H and O–H groups in total. The predicted molar refractivity (Wildman–Crippen MR) is 58.3 cm³/mol. The van der Waals surface area contributed by atoms with E-state index < -0.39 is 0 Å². The first kappa shape index (κ1) is 8.14. The van der Waals surface area contributed by atoms with Gasteiger partial charge in [0.25, 0.3) is 0 Å². The summed E-state index contributed by atoms with van der Waals surface area (Å²) in [7, 11) is 0. The van der Waals surface area contributed by atoms with Crippen molar-refractivity contribution in [1.82, 2.24) is 0 Å². The molecule has 1 heterocycles. The summed E-state index contributed by atoms with van der Waals surface area (Å²) in [5.41, 5.74) is 1.34. The van der Waals surface area contributed by atoms with E-state index in [0.29, 0.717) is 0 Å². The second kappa shape index (κ2) is 3.11. The molecule has 2 rings (SSSR count). The van der Waals surface area contributed by atoms with Crippen molar-refractivity contribution in [2.75, 3.05) is 6.26 Å². The number of thiophene rings is 1. The highest BCUT2D eigenvalue weighted by molar-refractivity contribution is 7.99. The Morgan fingerprint density at radius 1 is 1.33 bits per heavy atom. The molecule has 0 bridgehead atoms. The second-order valence-electron chi connectivity index (χ2n) is 2.80. The average molecular weight is 194 g/mol. The number of hydrogen-bond donors (Lipinski definition) is 0. The normalized spacial score (nSPS) is 10.8. The van der Waals surface area contributed by atoms with Gasteiger partial charge >= 0.3 is 0 Å². The molecular formula is C10H10S2. The van der Waals surface area contributed by atoms with Gasteiger partial charge in [0.1, 0.15) is 0 Å². The van der Waals surface area contributed by atoms with Gasteiger partial charge in [0.05, 0.1) is 0 Å². The minimum atomic E-state index is 1.34. The number of rotatable bonds is 1. The van der Waals surface area contributed by atoms with Crippen LogP contribution in [0.3, 0.4) is 0 Å². The van der Waals surface area contributed by atoms with Crippen LogP contribution in [0.1, 0.15) is 5.56 Å². The molecule has 0 radical (unpaired) electrons. The fourth-order valence-corrected chi connectivity index (χ4v) is 3.06. The standard InChI is InChI=1S/C10H10S2/c1-7-3-4-9-8(5-7)10(11-2)6-12-9/h3-6H,1-2H3. The molecule has 0 aliphatic heterocycles. The van der Waals surface area contributed by atoms with Crippen LogP contribution in [0.2, 0.25) is 0 Å². The molecule has 0 nitrogen and oxygen atoms in total. The number of aryl methyl sites for hydroxylation is 1. The van der Waals surface area contributed by atoms with E-state index in [4.69, 9.17) is 0 Å². The summed E-state index contributed by atoms with van der Waals surface area (Å²) < 4.78 is 1.39. The van der Waals surface area contributed by atoms with Crippen molar-refractivity contribution in [3.63, 3.8) is 0 Å². The highest BCUT2D eigenvalue weighted by atomic mass is 32.2. The monoisotopic (exact) mass is 194 g/mol. The average Bonchev–Trinajstić information content (AvgIpc) is 2.46. The Labute approximate surface area is 80.6 Å². The third-order valence-electron chi connectivity index (χ3n) is 1.91. The molecule has 0 saturated heterocycles. The van der Waals surface area contributed by atoms with E-state index in [1.807, 2.05) is 23.1 Å². The Kier molecular flexibility index (Phi) is 2.11. The van der Waals surface area contributed by atoms with Gasteiger partial charge in [0, 0.05) is 20.4 Å². The maximum Gasteiger partial charge on any atom is 0.0354 e. The number of benzene rings is 1.